The fourth-order valence-electron chi connectivity index (χ4n) is 1.02. The summed E-state index contributed by atoms with van der Waals surface area (Å²) in [7, 11) is -6.47. The molecule has 0 fully saturated rings. The van der Waals surface area contributed by atoms with Gasteiger partial charge in [0, 0.05) is 0 Å². The second kappa shape index (κ2) is 7.16. The van der Waals surface area contributed by atoms with E-state index >= 15 is 0 Å². The predicted molar refractivity (Wildman–Crippen MR) is 52.1 cm³/mol. The van der Waals surface area contributed by atoms with E-state index in [9.17, 15) is 52.3 Å². The number of rotatable bonds is 7. The largest absolute Gasteiger partial charge is 0.360 e. The van der Waals surface area contributed by atoms with Gasteiger partial charge in [0.05, 0.1) is 0 Å². The Morgan fingerprint density at radius 3 is 1.41 bits per heavy atom. The molecule has 0 saturated heterocycles. The second-order valence-corrected chi connectivity index (χ2v) is 5.15. The molecular weight excluding hydrogens is 368 g/mol. The van der Waals surface area contributed by atoms with E-state index in [1.54, 1.807) is 0 Å². The zero-order valence-corrected chi connectivity index (χ0v) is 10.9. The molecule has 136 valence electrons. The Morgan fingerprint density at radius 1 is 0.773 bits per heavy atom. The molecule has 0 aromatic carbocycles. The third kappa shape index (κ3) is 4.34. The molecule has 15 heteroatoms. The lowest BCUT2D eigenvalue weighted by molar-refractivity contribution is -0.265. The Hall–Kier alpha value is -0.830. The van der Waals surface area contributed by atoms with Crippen molar-refractivity contribution in [2.24, 2.45) is 0 Å². The summed E-state index contributed by atoms with van der Waals surface area (Å²) in [4.78, 5) is 0. The fourth-order valence-corrected chi connectivity index (χ4v) is 1.55. The van der Waals surface area contributed by atoms with Crippen molar-refractivity contribution in [3.05, 3.63) is 0 Å². The van der Waals surface area contributed by atoms with Gasteiger partial charge in [-0.1, -0.05) is 0 Å². The summed E-state index contributed by atoms with van der Waals surface area (Å²) in [5.41, 5.74) is -5.09. The molecule has 0 radical (unpaired) electrons. The van der Waals surface area contributed by atoms with E-state index in [-0.39, 0.29) is 6.15 Å². The monoisotopic (exact) mass is 377 g/mol. The van der Waals surface area contributed by atoms with E-state index in [0.29, 0.717) is 0 Å². The van der Waals surface area contributed by atoms with Gasteiger partial charge in [-0.05, 0) is 0 Å². The standard InChI is InChI=1S/C7H6F10O3S.H3N/c8-1(2(9)4(11)12)3(10)6(14,15)7(16,17)5(13)21(18,19)20;/h1-5H,(H,18,19,20);1H3. The van der Waals surface area contributed by atoms with Crippen LogP contribution in [0.2, 0.25) is 0 Å². The highest BCUT2D eigenvalue weighted by atomic mass is 32.2. The molecule has 0 heterocycles. The molecule has 0 saturated carbocycles. The van der Waals surface area contributed by atoms with Gasteiger partial charge in [-0.25, -0.2) is 26.3 Å². The molecule has 0 spiro atoms. The number of hydrogen-bond acceptors (Lipinski definition) is 3. The Kier molecular flexibility index (Phi) is 7.63. The van der Waals surface area contributed by atoms with Crippen LogP contribution in [0.5, 0.6) is 0 Å². The molecule has 0 bridgehead atoms. The van der Waals surface area contributed by atoms with E-state index in [0.717, 1.165) is 0 Å². The van der Waals surface area contributed by atoms with Gasteiger partial charge >= 0.3 is 22.0 Å². The smallest absolute Gasteiger partial charge is 0.344 e. The second-order valence-electron chi connectivity index (χ2n) is 3.70. The minimum absolute atomic E-state index is 0. The Labute approximate surface area is 116 Å². The van der Waals surface area contributed by atoms with Gasteiger partial charge in [-0.2, -0.15) is 26.0 Å². The van der Waals surface area contributed by atoms with Crippen molar-refractivity contribution in [2.45, 2.75) is 42.3 Å². The molecule has 0 aliphatic carbocycles. The van der Waals surface area contributed by atoms with Crippen molar-refractivity contribution in [3.8, 4) is 0 Å². The Balaban J connectivity index is 0. The van der Waals surface area contributed by atoms with Crippen LogP contribution in [0.1, 0.15) is 0 Å². The minimum Gasteiger partial charge on any atom is -0.344 e. The highest BCUT2D eigenvalue weighted by Gasteiger charge is 2.72. The molecular formula is C7H9F10NO3S. The molecule has 0 aliphatic heterocycles. The first-order valence-corrected chi connectivity index (χ1v) is 6.15. The highest BCUT2D eigenvalue weighted by Crippen LogP contribution is 2.45. The van der Waals surface area contributed by atoms with Crippen LogP contribution >= 0.6 is 0 Å². The van der Waals surface area contributed by atoms with Gasteiger partial charge in [0.25, 0.3) is 11.9 Å². The van der Waals surface area contributed by atoms with Gasteiger partial charge < -0.3 is 6.15 Å². The summed E-state index contributed by atoms with van der Waals surface area (Å²) in [6, 6.07) is 0. The van der Waals surface area contributed by atoms with Crippen LogP contribution in [0.15, 0.2) is 0 Å². The number of hydrogen-bond donors (Lipinski definition) is 2. The zero-order chi connectivity index (χ0) is 17.4. The maximum absolute atomic E-state index is 12.9. The number of halogens is 10. The Bertz CT molecular complexity index is 457. The van der Waals surface area contributed by atoms with Crippen LogP contribution in [0, 0.1) is 0 Å². The predicted octanol–water partition coefficient (Wildman–Crippen LogP) is 2.88. The van der Waals surface area contributed by atoms with Gasteiger partial charge in [-0.15, -0.1) is 0 Å². The average Bonchev–Trinajstić information content (AvgIpc) is 2.33. The molecule has 22 heavy (non-hydrogen) atoms. The molecule has 0 aromatic rings. The van der Waals surface area contributed by atoms with Crippen molar-refractivity contribution in [3.63, 3.8) is 0 Å². The minimum atomic E-state index is -6.55. The molecule has 0 rings (SSSR count). The lowest BCUT2D eigenvalue weighted by atomic mass is 10.0. The van der Waals surface area contributed by atoms with Crippen molar-refractivity contribution in [2.75, 3.05) is 0 Å². The molecule has 0 aliphatic rings. The molecule has 0 amide bonds. The van der Waals surface area contributed by atoms with Gasteiger partial charge in [-0.3, -0.25) is 4.55 Å². The zero-order valence-electron chi connectivity index (χ0n) is 10.0. The molecule has 4 nitrogen and oxygen atoms in total. The van der Waals surface area contributed by atoms with Crippen LogP contribution in [0.3, 0.4) is 0 Å². The van der Waals surface area contributed by atoms with E-state index in [1.165, 1.54) is 0 Å². The van der Waals surface area contributed by atoms with Crippen LogP contribution in [0.25, 0.3) is 0 Å². The quantitative estimate of drug-likeness (QED) is 0.528. The third-order valence-electron chi connectivity index (χ3n) is 2.16. The Morgan fingerprint density at radius 2 is 1.14 bits per heavy atom. The first-order valence-electron chi connectivity index (χ1n) is 4.64. The lowest BCUT2D eigenvalue weighted by Crippen LogP contribution is -2.59. The first-order chi connectivity index (χ1) is 9.08. The van der Waals surface area contributed by atoms with Crippen molar-refractivity contribution in [1.29, 1.82) is 0 Å². The normalized spacial score (nSPS) is 19.3. The van der Waals surface area contributed by atoms with Crippen molar-refractivity contribution < 1.29 is 56.9 Å². The van der Waals surface area contributed by atoms with Crippen molar-refractivity contribution >= 4 is 10.1 Å². The van der Waals surface area contributed by atoms with Crippen LogP contribution in [0.4, 0.5) is 43.9 Å². The van der Waals surface area contributed by atoms with E-state index in [4.69, 9.17) is 4.55 Å². The average molecular weight is 377 g/mol. The highest BCUT2D eigenvalue weighted by molar-refractivity contribution is 7.86. The van der Waals surface area contributed by atoms with E-state index in [1.807, 2.05) is 0 Å². The summed E-state index contributed by atoms with van der Waals surface area (Å²) >= 11 is 0. The molecule has 4 N–H and O–H groups in total. The summed E-state index contributed by atoms with van der Waals surface area (Å²) < 4.78 is 153. The summed E-state index contributed by atoms with van der Waals surface area (Å²) in [6.07, 6.45) is -18.1. The maximum atomic E-state index is 12.9. The molecule has 0 aromatic heterocycles. The summed E-state index contributed by atoms with van der Waals surface area (Å²) in [5.74, 6) is -13.1. The third-order valence-corrected chi connectivity index (χ3v) is 2.98. The van der Waals surface area contributed by atoms with Gasteiger partial charge in [0.15, 0.2) is 12.3 Å². The fraction of sp³-hybridized carbons (Fsp3) is 1.00. The maximum Gasteiger partial charge on any atom is 0.360 e. The summed E-state index contributed by atoms with van der Waals surface area (Å²) in [6.45, 7) is 0. The molecule has 4 atom stereocenters. The van der Waals surface area contributed by atoms with Gasteiger partial charge in [0.2, 0.25) is 6.17 Å². The van der Waals surface area contributed by atoms with Crippen LogP contribution in [-0.2, 0) is 10.1 Å². The first kappa shape index (κ1) is 23.4. The molecule has 4 unspecified atom stereocenters. The van der Waals surface area contributed by atoms with Crippen molar-refractivity contribution in [1.82, 2.24) is 6.15 Å². The van der Waals surface area contributed by atoms with Crippen LogP contribution in [-0.4, -0.2) is 55.3 Å². The summed E-state index contributed by atoms with van der Waals surface area (Å²) in [5, 5.41) is 0. The van der Waals surface area contributed by atoms with Crippen LogP contribution < -0.4 is 6.15 Å². The lowest BCUT2D eigenvalue weighted by Gasteiger charge is -2.31. The number of alkyl halides is 10. The topological polar surface area (TPSA) is 89.4 Å². The van der Waals surface area contributed by atoms with Gasteiger partial charge in [0.1, 0.15) is 0 Å². The van der Waals surface area contributed by atoms with E-state index < -0.39 is 52.4 Å². The SMILES string of the molecule is N.O=S(=O)(O)C(F)C(F)(F)C(F)(F)C(F)C(F)C(F)C(F)F. The van der Waals surface area contributed by atoms with E-state index in [2.05, 4.69) is 0 Å².